The molecule has 2 aliphatic rings. The van der Waals surface area contributed by atoms with Crippen LogP contribution in [0.25, 0.3) is 0 Å². The van der Waals surface area contributed by atoms with Crippen LogP contribution in [0.5, 0.6) is 0 Å². The molecule has 0 aromatic rings. The van der Waals surface area contributed by atoms with E-state index in [4.69, 9.17) is 9.47 Å². The van der Waals surface area contributed by atoms with Crippen LogP contribution in [0.4, 0.5) is 0 Å². The number of hydrogen-bond donors (Lipinski definition) is 0. The summed E-state index contributed by atoms with van der Waals surface area (Å²) >= 11 is 0. The number of fused-ring (bicyclic) bond motifs is 2. The molecule has 2 saturated heterocycles. The van der Waals surface area contributed by atoms with Crippen molar-refractivity contribution < 1.29 is 19.1 Å². The van der Waals surface area contributed by atoms with Gasteiger partial charge in [0, 0.05) is 37.3 Å². The van der Waals surface area contributed by atoms with Gasteiger partial charge in [0.25, 0.3) is 0 Å². The minimum absolute atomic E-state index is 0.0686. The van der Waals surface area contributed by atoms with Gasteiger partial charge in [0.05, 0.1) is 6.04 Å². The molecule has 0 spiro atoms. The van der Waals surface area contributed by atoms with E-state index in [9.17, 15) is 9.59 Å². The van der Waals surface area contributed by atoms with Crippen LogP contribution in [-0.4, -0.2) is 48.2 Å². The Morgan fingerprint density at radius 2 is 1.96 bits per heavy atom. The van der Waals surface area contributed by atoms with E-state index < -0.39 is 0 Å². The van der Waals surface area contributed by atoms with Gasteiger partial charge in [0.2, 0.25) is 0 Å². The van der Waals surface area contributed by atoms with Crippen molar-refractivity contribution >= 4 is 11.9 Å². The number of piperidine rings is 1. The zero-order chi connectivity index (χ0) is 17.0. The lowest BCUT2D eigenvalue weighted by molar-refractivity contribution is -0.153. The lowest BCUT2D eigenvalue weighted by atomic mass is 10.00. The molecule has 0 saturated carbocycles. The highest BCUT2D eigenvalue weighted by molar-refractivity contribution is 5.87. The lowest BCUT2D eigenvalue weighted by Gasteiger charge is -2.36. The predicted octanol–water partition coefficient (Wildman–Crippen LogP) is 2.83. The fourth-order valence-corrected chi connectivity index (χ4v) is 3.51. The van der Waals surface area contributed by atoms with Crippen molar-refractivity contribution in [2.75, 3.05) is 7.05 Å². The van der Waals surface area contributed by atoms with E-state index in [0.29, 0.717) is 18.0 Å². The average Bonchev–Trinajstić information content (AvgIpc) is 2.71. The smallest absolute Gasteiger partial charge is 0.333 e. The Kier molecular flexibility index (Phi) is 6.22. The van der Waals surface area contributed by atoms with Gasteiger partial charge in [-0.1, -0.05) is 19.4 Å². The highest BCUT2D eigenvalue weighted by Gasteiger charge is 2.47. The number of carbonyl (C=O) groups excluding carboxylic acids is 2. The van der Waals surface area contributed by atoms with Crippen molar-refractivity contribution in [1.82, 2.24) is 4.90 Å². The third-order valence-electron chi connectivity index (χ3n) is 5.12. The van der Waals surface area contributed by atoms with E-state index >= 15 is 0 Å². The number of esters is 2. The first-order valence-electron chi connectivity index (χ1n) is 8.71. The van der Waals surface area contributed by atoms with Crippen LogP contribution in [-0.2, 0) is 19.1 Å². The molecular formula is C18H29NO4. The van der Waals surface area contributed by atoms with E-state index in [2.05, 4.69) is 18.9 Å². The van der Waals surface area contributed by atoms with Crippen molar-refractivity contribution in [3.63, 3.8) is 0 Å². The number of hydrogen-bond acceptors (Lipinski definition) is 5. The maximum atomic E-state index is 11.9. The van der Waals surface area contributed by atoms with E-state index in [1.807, 2.05) is 6.92 Å². The number of nitrogens with zero attached hydrogens (tertiary/aromatic N) is 1. The van der Waals surface area contributed by atoms with E-state index in [1.54, 1.807) is 13.0 Å². The topological polar surface area (TPSA) is 55.8 Å². The number of unbranched alkanes of at least 4 members (excludes halogenated alkanes) is 1. The molecule has 0 aromatic heterocycles. The molecule has 0 aliphatic carbocycles. The normalized spacial score (nSPS) is 31.0. The molecule has 23 heavy (non-hydrogen) atoms. The van der Waals surface area contributed by atoms with Crippen molar-refractivity contribution in [3.05, 3.63) is 11.6 Å². The molecule has 2 bridgehead atoms. The molecule has 5 nitrogen and oxygen atoms in total. The minimum Gasteiger partial charge on any atom is -0.461 e. The average molecular weight is 323 g/mol. The van der Waals surface area contributed by atoms with Gasteiger partial charge in [-0.05, 0) is 27.3 Å². The Morgan fingerprint density at radius 3 is 2.61 bits per heavy atom. The van der Waals surface area contributed by atoms with Crippen LogP contribution in [0.15, 0.2) is 11.6 Å². The van der Waals surface area contributed by atoms with Crippen molar-refractivity contribution in [2.24, 2.45) is 0 Å². The summed E-state index contributed by atoms with van der Waals surface area (Å²) in [6.07, 6.45) is 6.38. The van der Waals surface area contributed by atoms with Crippen molar-refractivity contribution in [2.45, 2.75) is 83.6 Å². The number of ether oxygens (including phenoxy) is 2. The van der Waals surface area contributed by atoms with Gasteiger partial charge in [0.15, 0.2) is 0 Å². The van der Waals surface area contributed by atoms with Gasteiger partial charge in [-0.25, -0.2) is 4.79 Å². The summed E-state index contributed by atoms with van der Waals surface area (Å²) in [6.45, 7) is 5.67. The van der Waals surface area contributed by atoms with Crippen LogP contribution >= 0.6 is 0 Å². The van der Waals surface area contributed by atoms with Gasteiger partial charge >= 0.3 is 11.9 Å². The van der Waals surface area contributed by atoms with Crippen LogP contribution in [0.2, 0.25) is 0 Å². The van der Waals surface area contributed by atoms with Crippen LogP contribution in [0.1, 0.15) is 59.3 Å². The Labute approximate surface area is 139 Å². The first-order chi connectivity index (χ1) is 11.0. The summed E-state index contributed by atoms with van der Waals surface area (Å²) in [7, 11) is 2.07. The van der Waals surface area contributed by atoms with Crippen LogP contribution in [0, 0.1) is 0 Å². The first-order valence-corrected chi connectivity index (χ1v) is 8.71. The number of likely N-dealkylation sites (N-methyl/N-ethyl adjacent to an activating group) is 1. The number of rotatable bonds is 6. The molecule has 2 aliphatic heterocycles. The Balaban J connectivity index is 1.92. The molecule has 4 atom stereocenters. The fraction of sp³-hybridized carbons (Fsp3) is 0.778. The molecule has 130 valence electrons. The Morgan fingerprint density at radius 1 is 1.22 bits per heavy atom. The molecular weight excluding hydrogens is 294 g/mol. The maximum Gasteiger partial charge on any atom is 0.333 e. The fourth-order valence-electron chi connectivity index (χ4n) is 3.51. The van der Waals surface area contributed by atoms with Crippen molar-refractivity contribution in [1.29, 1.82) is 0 Å². The molecule has 0 N–H and O–H groups in total. The largest absolute Gasteiger partial charge is 0.461 e. The zero-order valence-electron chi connectivity index (χ0n) is 14.7. The number of carbonyl (C=O) groups is 2. The predicted molar refractivity (Wildman–Crippen MR) is 87.9 cm³/mol. The second-order valence-corrected chi connectivity index (χ2v) is 6.72. The molecule has 0 radical (unpaired) electrons. The summed E-state index contributed by atoms with van der Waals surface area (Å²) in [4.78, 5) is 26.1. The van der Waals surface area contributed by atoms with Crippen LogP contribution in [0.3, 0.4) is 0 Å². The molecule has 0 aromatic carbocycles. The second-order valence-electron chi connectivity index (χ2n) is 6.72. The summed E-state index contributed by atoms with van der Waals surface area (Å²) < 4.78 is 11.3. The second kappa shape index (κ2) is 7.95. The van der Waals surface area contributed by atoms with E-state index in [0.717, 1.165) is 32.1 Å². The van der Waals surface area contributed by atoms with Crippen molar-refractivity contribution in [3.8, 4) is 0 Å². The molecule has 2 heterocycles. The Hall–Kier alpha value is -1.36. The third-order valence-corrected chi connectivity index (χ3v) is 5.12. The SMILES string of the molecule is C/C=C(\C)C(=O)OC1C[C@H]2CC(OC(=O)CCCC)[C@@H](C1)N2C. The maximum absolute atomic E-state index is 11.9. The highest BCUT2D eigenvalue weighted by Crippen LogP contribution is 2.37. The minimum atomic E-state index is -0.238. The lowest BCUT2D eigenvalue weighted by Crippen LogP contribution is -2.46. The van der Waals surface area contributed by atoms with Gasteiger partial charge < -0.3 is 9.47 Å². The third kappa shape index (κ3) is 4.34. The molecule has 2 fully saturated rings. The Bertz CT molecular complexity index is 474. The van der Waals surface area contributed by atoms with E-state index in [-0.39, 0.29) is 30.2 Å². The summed E-state index contributed by atoms with van der Waals surface area (Å²) in [5.74, 6) is -0.339. The van der Waals surface area contributed by atoms with Gasteiger partial charge in [-0.3, -0.25) is 9.69 Å². The zero-order valence-corrected chi connectivity index (χ0v) is 14.7. The molecule has 0 amide bonds. The van der Waals surface area contributed by atoms with Gasteiger partial charge in [-0.2, -0.15) is 0 Å². The summed E-state index contributed by atoms with van der Waals surface area (Å²) in [6, 6.07) is 0.476. The van der Waals surface area contributed by atoms with Gasteiger partial charge in [-0.15, -0.1) is 0 Å². The molecule has 2 unspecified atom stereocenters. The van der Waals surface area contributed by atoms with Gasteiger partial charge in [0.1, 0.15) is 12.2 Å². The highest BCUT2D eigenvalue weighted by atomic mass is 16.6. The molecule has 2 rings (SSSR count). The van der Waals surface area contributed by atoms with E-state index in [1.165, 1.54) is 0 Å². The summed E-state index contributed by atoms with van der Waals surface area (Å²) in [5.41, 5.74) is 0.638. The van der Waals surface area contributed by atoms with Crippen LogP contribution < -0.4 is 0 Å². The standard InChI is InChI=1S/C18H29NO4/c1-5-7-8-17(20)23-16-10-13-9-14(11-15(16)19(13)4)22-18(21)12(3)6-2/h6,13-16H,5,7-11H2,1-4H3/b12-6+/t13-,14?,15+,16?/m0/s1. The quantitative estimate of drug-likeness (QED) is 0.556. The molecule has 5 heteroatoms. The number of allylic oxidation sites excluding steroid dienone is 1. The summed E-state index contributed by atoms with van der Waals surface area (Å²) in [5, 5.41) is 0. The monoisotopic (exact) mass is 323 g/mol. The first kappa shape index (κ1) is 18.0.